The molecule has 0 aliphatic rings. The molecule has 16 heteroatoms. The number of nitrogens with one attached hydrogen (secondary N) is 3. The minimum absolute atomic E-state index is 0.171. The van der Waals surface area contributed by atoms with Gasteiger partial charge in [0.05, 0.1) is 18.9 Å². The molecule has 4 atom stereocenters. The number of amides is 5. The molecule has 5 amide bonds. The molecule has 32 heavy (non-hydrogen) atoms. The summed E-state index contributed by atoms with van der Waals surface area (Å²) in [4.78, 5) is 81.1. The highest BCUT2D eigenvalue weighted by atomic mass is 32.1. The van der Waals surface area contributed by atoms with Crippen molar-refractivity contribution in [2.75, 3.05) is 5.75 Å². The summed E-state index contributed by atoms with van der Waals surface area (Å²) >= 11 is 3.77. The molecule has 0 rings (SSSR count). The maximum Gasteiger partial charge on any atom is 0.327 e. The second kappa shape index (κ2) is 13.8. The van der Waals surface area contributed by atoms with Gasteiger partial charge in [0.15, 0.2) is 0 Å². The molecule has 0 spiro atoms. The molecular weight excluding hydrogens is 452 g/mol. The average molecular weight is 478 g/mol. The molecule has 0 aliphatic carbocycles. The zero-order valence-electron chi connectivity index (χ0n) is 16.8. The van der Waals surface area contributed by atoms with E-state index in [2.05, 4.69) is 23.3 Å². The van der Waals surface area contributed by atoms with Gasteiger partial charge >= 0.3 is 11.9 Å². The Morgan fingerprint density at radius 3 is 1.62 bits per heavy atom. The number of nitrogens with two attached hydrogens (primary N) is 3. The molecule has 180 valence electrons. The van der Waals surface area contributed by atoms with E-state index in [-0.39, 0.29) is 18.6 Å². The normalized spacial score (nSPS) is 14.2. The first-order valence-corrected chi connectivity index (χ1v) is 9.70. The highest BCUT2D eigenvalue weighted by Crippen LogP contribution is 2.02. The summed E-state index contributed by atoms with van der Waals surface area (Å²) in [6.07, 6.45) is -2.07. The number of hydrogen-bond acceptors (Lipinski definition) is 9. The molecule has 0 radical (unpaired) electrons. The molecule has 4 unspecified atom stereocenters. The van der Waals surface area contributed by atoms with Gasteiger partial charge in [-0.15, -0.1) is 0 Å². The lowest BCUT2D eigenvalue weighted by Gasteiger charge is -2.23. The Labute approximate surface area is 187 Å². The molecule has 0 aromatic rings. The summed E-state index contributed by atoms with van der Waals surface area (Å²) in [6.45, 7) is 0. The van der Waals surface area contributed by atoms with Crippen molar-refractivity contribution in [1.29, 1.82) is 0 Å². The number of rotatable bonds is 15. The van der Waals surface area contributed by atoms with Crippen LogP contribution >= 0.6 is 12.6 Å². The second-order valence-electron chi connectivity index (χ2n) is 6.58. The lowest BCUT2D eigenvalue weighted by Crippen LogP contribution is -2.58. The Kier molecular flexibility index (Phi) is 12.3. The number of aliphatic carboxylic acids is 2. The van der Waals surface area contributed by atoms with Crippen molar-refractivity contribution < 1.29 is 43.8 Å². The maximum absolute atomic E-state index is 12.5. The summed E-state index contributed by atoms with van der Waals surface area (Å²) < 4.78 is 0. The van der Waals surface area contributed by atoms with Gasteiger partial charge in [0.2, 0.25) is 29.5 Å². The summed E-state index contributed by atoms with van der Waals surface area (Å²) in [5.41, 5.74) is 15.6. The van der Waals surface area contributed by atoms with E-state index in [0.717, 1.165) is 0 Å². The van der Waals surface area contributed by atoms with Gasteiger partial charge in [0.25, 0.3) is 0 Å². The third-order valence-electron chi connectivity index (χ3n) is 3.89. The highest BCUT2D eigenvalue weighted by Gasteiger charge is 2.32. The zero-order valence-corrected chi connectivity index (χ0v) is 17.7. The monoisotopic (exact) mass is 478 g/mol. The third-order valence-corrected chi connectivity index (χ3v) is 4.25. The predicted molar refractivity (Wildman–Crippen MR) is 110 cm³/mol. The fourth-order valence-corrected chi connectivity index (χ4v) is 2.48. The Morgan fingerprint density at radius 2 is 1.22 bits per heavy atom. The molecule has 0 fully saturated rings. The van der Waals surface area contributed by atoms with Crippen molar-refractivity contribution in [3.05, 3.63) is 0 Å². The van der Waals surface area contributed by atoms with Crippen LogP contribution < -0.4 is 33.2 Å². The van der Waals surface area contributed by atoms with E-state index < -0.39 is 78.5 Å². The predicted octanol–water partition coefficient (Wildman–Crippen LogP) is -4.60. The Balaban J connectivity index is 5.43. The SMILES string of the molecule is NC(=O)CCC(N)C(=O)NC(CC(=O)O)C(=O)NC(CC(N)=O)C(=O)NC(CS)C(=O)O. The molecule has 0 heterocycles. The van der Waals surface area contributed by atoms with Crippen LogP contribution in [0.4, 0.5) is 0 Å². The smallest absolute Gasteiger partial charge is 0.327 e. The van der Waals surface area contributed by atoms with Crippen LogP contribution in [0, 0.1) is 0 Å². The van der Waals surface area contributed by atoms with Gasteiger partial charge < -0.3 is 43.4 Å². The molecule has 0 saturated carbocycles. The number of carboxylic acid groups (broad SMARTS) is 2. The van der Waals surface area contributed by atoms with Crippen LogP contribution in [0.25, 0.3) is 0 Å². The molecule has 0 bridgehead atoms. The van der Waals surface area contributed by atoms with E-state index in [1.54, 1.807) is 0 Å². The van der Waals surface area contributed by atoms with Crippen LogP contribution in [0.3, 0.4) is 0 Å². The van der Waals surface area contributed by atoms with E-state index in [0.29, 0.717) is 0 Å². The first-order valence-electron chi connectivity index (χ1n) is 9.07. The van der Waals surface area contributed by atoms with E-state index in [9.17, 15) is 33.6 Å². The van der Waals surface area contributed by atoms with E-state index in [1.165, 1.54) is 0 Å². The number of hydrogen-bond donors (Lipinski definition) is 9. The summed E-state index contributed by atoms with van der Waals surface area (Å²) in [7, 11) is 0. The van der Waals surface area contributed by atoms with E-state index >= 15 is 0 Å². The van der Waals surface area contributed by atoms with Crippen molar-refractivity contribution in [3.63, 3.8) is 0 Å². The molecule has 0 aromatic heterocycles. The van der Waals surface area contributed by atoms with Gasteiger partial charge in [-0.1, -0.05) is 0 Å². The fraction of sp³-hybridized carbons (Fsp3) is 0.562. The van der Waals surface area contributed by atoms with Crippen molar-refractivity contribution in [2.24, 2.45) is 17.2 Å². The largest absolute Gasteiger partial charge is 0.481 e. The first kappa shape index (κ1) is 28.6. The van der Waals surface area contributed by atoms with Crippen LogP contribution in [0.5, 0.6) is 0 Å². The van der Waals surface area contributed by atoms with E-state index in [1.807, 2.05) is 5.32 Å². The second-order valence-corrected chi connectivity index (χ2v) is 6.95. The molecule has 0 saturated heterocycles. The van der Waals surface area contributed by atoms with Crippen molar-refractivity contribution >= 4 is 54.1 Å². The standard InChI is InChI=1S/C16H26N6O9S/c17-6(1-2-10(18)23)13(27)20-8(4-12(25)26)15(29)21-7(3-11(19)24)14(28)22-9(5-32)16(30)31/h6-9,32H,1-5,17H2,(H2,18,23)(H2,19,24)(H,20,27)(H,21,29)(H,22,28)(H,25,26)(H,30,31). The highest BCUT2D eigenvalue weighted by molar-refractivity contribution is 7.80. The molecule has 15 nitrogen and oxygen atoms in total. The Hall–Kier alpha value is -3.40. The molecular formula is C16H26N6O9S. The number of carbonyl (C=O) groups is 7. The average Bonchev–Trinajstić information content (AvgIpc) is 2.67. The quantitative estimate of drug-likeness (QED) is 0.102. The van der Waals surface area contributed by atoms with Crippen LogP contribution in [-0.4, -0.2) is 81.6 Å². The van der Waals surface area contributed by atoms with Crippen molar-refractivity contribution in [1.82, 2.24) is 16.0 Å². The zero-order chi connectivity index (χ0) is 25.0. The van der Waals surface area contributed by atoms with Crippen molar-refractivity contribution in [3.8, 4) is 0 Å². The van der Waals surface area contributed by atoms with Gasteiger partial charge in [0, 0.05) is 12.2 Å². The lowest BCUT2D eigenvalue weighted by atomic mass is 10.1. The van der Waals surface area contributed by atoms with Crippen LogP contribution in [-0.2, 0) is 33.6 Å². The summed E-state index contributed by atoms with van der Waals surface area (Å²) in [6, 6.07) is -6.12. The topological polar surface area (TPSA) is 274 Å². The Morgan fingerprint density at radius 1 is 0.750 bits per heavy atom. The van der Waals surface area contributed by atoms with Crippen LogP contribution in [0.2, 0.25) is 0 Å². The lowest BCUT2D eigenvalue weighted by molar-refractivity contribution is -0.143. The van der Waals surface area contributed by atoms with Gasteiger partial charge in [-0.05, 0) is 6.42 Å². The van der Waals surface area contributed by atoms with Crippen LogP contribution in [0.1, 0.15) is 25.7 Å². The van der Waals surface area contributed by atoms with Gasteiger partial charge in [-0.2, -0.15) is 12.6 Å². The van der Waals surface area contributed by atoms with Crippen molar-refractivity contribution in [2.45, 2.75) is 49.9 Å². The van der Waals surface area contributed by atoms with E-state index in [4.69, 9.17) is 27.4 Å². The maximum atomic E-state index is 12.5. The number of carboxylic acids is 2. The van der Waals surface area contributed by atoms with Gasteiger partial charge in [-0.25, -0.2) is 4.79 Å². The summed E-state index contributed by atoms with van der Waals surface area (Å²) in [5, 5.41) is 24.2. The molecule has 11 N–H and O–H groups in total. The molecule has 0 aromatic carbocycles. The minimum atomic E-state index is -1.72. The van der Waals surface area contributed by atoms with Gasteiger partial charge in [-0.3, -0.25) is 28.8 Å². The Bertz CT molecular complexity index is 762. The molecule has 0 aliphatic heterocycles. The third kappa shape index (κ3) is 11.1. The number of carbonyl (C=O) groups excluding carboxylic acids is 5. The van der Waals surface area contributed by atoms with Crippen LogP contribution in [0.15, 0.2) is 0 Å². The fourth-order valence-electron chi connectivity index (χ4n) is 2.23. The summed E-state index contributed by atoms with van der Waals surface area (Å²) in [5.74, 6) is -8.24. The minimum Gasteiger partial charge on any atom is -0.481 e. The first-order chi connectivity index (χ1) is 14.8. The number of thiol groups is 1. The van der Waals surface area contributed by atoms with Gasteiger partial charge in [0.1, 0.15) is 18.1 Å². The number of primary amides is 2.